The van der Waals surface area contributed by atoms with Crippen molar-refractivity contribution in [3.8, 4) is 5.75 Å². The molecule has 100 valence electrons. The summed E-state index contributed by atoms with van der Waals surface area (Å²) in [5.41, 5.74) is 0.909. The Morgan fingerprint density at radius 3 is 2.84 bits per heavy atom. The SMILES string of the molecule is FC(F)(F)c1nsc(NC2COc3ccccc32)n1. The number of ether oxygens (including phenoxy) is 1. The average Bonchev–Trinajstić information content (AvgIpc) is 2.97. The summed E-state index contributed by atoms with van der Waals surface area (Å²) in [7, 11) is 0. The van der Waals surface area contributed by atoms with Crippen molar-refractivity contribution in [2.75, 3.05) is 11.9 Å². The Kier molecular flexibility index (Phi) is 2.81. The van der Waals surface area contributed by atoms with Crippen molar-refractivity contribution in [2.24, 2.45) is 0 Å². The van der Waals surface area contributed by atoms with Crippen molar-refractivity contribution in [2.45, 2.75) is 12.2 Å². The molecule has 1 atom stereocenters. The van der Waals surface area contributed by atoms with Crippen molar-refractivity contribution in [3.63, 3.8) is 0 Å². The largest absolute Gasteiger partial charge is 0.491 e. The lowest BCUT2D eigenvalue weighted by atomic mass is 10.1. The minimum absolute atomic E-state index is 0.137. The van der Waals surface area contributed by atoms with Gasteiger partial charge in [0.1, 0.15) is 12.4 Å². The fourth-order valence-corrected chi connectivity index (χ4v) is 2.47. The topological polar surface area (TPSA) is 47.0 Å². The molecule has 2 aromatic rings. The van der Waals surface area contributed by atoms with Crippen LogP contribution in [-0.2, 0) is 6.18 Å². The molecular weight excluding hydrogens is 279 g/mol. The van der Waals surface area contributed by atoms with Gasteiger partial charge in [0.2, 0.25) is 11.0 Å². The lowest BCUT2D eigenvalue weighted by Gasteiger charge is -2.09. The molecule has 0 saturated carbocycles. The van der Waals surface area contributed by atoms with E-state index in [2.05, 4.69) is 14.7 Å². The molecule has 19 heavy (non-hydrogen) atoms. The van der Waals surface area contributed by atoms with Crippen LogP contribution in [0, 0.1) is 0 Å². The lowest BCUT2D eigenvalue weighted by Crippen LogP contribution is -2.12. The minimum Gasteiger partial charge on any atom is -0.491 e. The first-order valence-electron chi connectivity index (χ1n) is 5.43. The summed E-state index contributed by atoms with van der Waals surface area (Å²) in [5, 5.41) is 3.05. The molecule has 1 aliphatic rings. The van der Waals surface area contributed by atoms with Crippen molar-refractivity contribution >= 4 is 16.7 Å². The number of nitrogens with one attached hydrogen (secondary N) is 1. The van der Waals surface area contributed by atoms with E-state index in [1.807, 2.05) is 24.3 Å². The molecule has 4 nitrogen and oxygen atoms in total. The van der Waals surface area contributed by atoms with Gasteiger partial charge < -0.3 is 10.1 Å². The van der Waals surface area contributed by atoms with E-state index < -0.39 is 12.0 Å². The molecule has 0 radical (unpaired) electrons. The maximum Gasteiger partial charge on any atom is 0.452 e. The predicted molar refractivity (Wildman–Crippen MR) is 63.2 cm³/mol. The Bertz CT molecular complexity index is 599. The molecule has 1 aromatic heterocycles. The van der Waals surface area contributed by atoms with Crippen molar-refractivity contribution in [3.05, 3.63) is 35.7 Å². The van der Waals surface area contributed by atoms with Gasteiger partial charge in [-0.3, -0.25) is 0 Å². The first-order valence-corrected chi connectivity index (χ1v) is 6.20. The molecule has 0 bridgehead atoms. The van der Waals surface area contributed by atoms with Gasteiger partial charge in [0.15, 0.2) is 0 Å². The number of benzene rings is 1. The number of anilines is 1. The summed E-state index contributed by atoms with van der Waals surface area (Å²) < 4.78 is 45.9. The Morgan fingerprint density at radius 2 is 2.11 bits per heavy atom. The fourth-order valence-electron chi connectivity index (χ4n) is 1.83. The minimum atomic E-state index is -4.51. The van der Waals surface area contributed by atoms with Gasteiger partial charge in [-0.1, -0.05) is 18.2 Å². The summed E-state index contributed by atoms with van der Waals surface area (Å²) in [6.45, 7) is 0.361. The van der Waals surface area contributed by atoms with Crippen molar-refractivity contribution in [1.82, 2.24) is 9.36 Å². The van der Waals surface area contributed by atoms with Gasteiger partial charge >= 0.3 is 6.18 Å². The molecule has 0 fully saturated rings. The average molecular weight is 287 g/mol. The third kappa shape index (κ3) is 2.35. The Labute approximate surface area is 110 Å². The van der Waals surface area contributed by atoms with E-state index in [0.717, 1.165) is 11.3 Å². The highest BCUT2D eigenvalue weighted by Gasteiger charge is 2.36. The second-order valence-corrected chi connectivity index (χ2v) is 4.72. The Morgan fingerprint density at radius 1 is 1.32 bits per heavy atom. The van der Waals surface area contributed by atoms with Crippen LogP contribution in [0.1, 0.15) is 17.4 Å². The highest BCUT2D eigenvalue weighted by molar-refractivity contribution is 7.09. The van der Waals surface area contributed by atoms with Gasteiger partial charge in [-0.05, 0) is 6.07 Å². The summed E-state index contributed by atoms with van der Waals surface area (Å²) in [5.74, 6) is -0.382. The van der Waals surface area contributed by atoms with Crippen molar-refractivity contribution < 1.29 is 17.9 Å². The van der Waals surface area contributed by atoms with E-state index in [1.54, 1.807) is 0 Å². The molecule has 0 aliphatic carbocycles. The smallest absolute Gasteiger partial charge is 0.452 e. The summed E-state index contributed by atoms with van der Waals surface area (Å²) in [6, 6.07) is 7.17. The van der Waals surface area contributed by atoms with Crippen LogP contribution in [-0.4, -0.2) is 16.0 Å². The molecule has 8 heteroatoms. The first-order chi connectivity index (χ1) is 9.04. The third-order valence-corrected chi connectivity index (χ3v) is 3.32. The van der Waals surface area contributed by atoms with Gasteiger partial charge in [-0.15, -0.1) is 0 Å². The zero-order chi connectivity index (χ0) is 13.5. The number of hydrogen-bond acceptors (Lipinski definition) is 5. The monoisotopic (exact) mass is 287 g/mol. The summed E-state index contributed by atoms with van der Waals surface area (Å²) >= 11 is 0.690. The number of alkyl halides is 3. The predicted octanol–water partition coefficient (Wildman–Crippen LogP) is 3.10. The molecule has 2 heterocycles. The first kappa shape index (κ1) is 12.2. The molecule has 0 amide bonds. The van der Waals surface area contributed by atoms with E-state index in [1.165, 1.54) is 0 Å². The highest BCUT2D eigenvalue weighted by atomic mass is 32.1. The zero-order valence-corrected chi connectivity index (χ0v) is 10.3. The number of rotatable bonds is 2. The van der Waals surface area contributed by atoms with E-state index in [9.17, 15) is 13.2 Å². The van der Waals surface area contributed by atoms with Gasteiger partial charge in [0, 0.05) is 17.1 Å². The van der Waals surface area contributed by atoms with Crippen LogP contribution in [0.5, 0.6) is 5.75 Å². The summed E-state index contributed by atoms with van der Waals surface area (Å²) in [4.78, 5) is 3.43. The normalized spacial score (nSPS) is 17.9. The molecule has 0 saturated heterocycles. The van der Waals surface area contributed by atoms with Crippen LogP contribution in [0.15, 0.2) is 24.3 Å². The Hall–Kier alpha value is -1.83. The van der Waals surface area contributed by atoms with E-state index >= 15 is 0 Å². The molecule has 1 aliphatic heterocycles. The lowest BCUT2D eigenvalue weighted by molar-refractivity contribution is -0.144. The molecular formula is C11H8F3N3OS. The number of aromatic nitrogens is 2. The second-order valence-electron chi connectivity index (χ2n) is 3.97. The van der Waals surface area contributed by atoms with Crippen LogP contribution in [0.3, 0.4) is 0 Å². The third-order valence-electron chi connectivity index (χ3n) is 2.68. The van der Waals surface area contributed by atoms with Gasteiger partial charge in [0.05, 0.1) is 6.04 Å². The van der Waals surface area contributed by atoms with Gasteiger partial charge in [0.25, 0.3) is 0 Å². The molecule has 1 aromatic carbocycles. The molecule has 1 unspecified atom stereocenters. The molecule has 3 rings (SSSR count). The number of halogens is 3. The van der Waals surface area contributed by atoms with Gasteiger partial charge in [-0.25, -0.2) is 0 Å². The van der Waals surface area contributed by atoms with Crippen LogP contribution in [0.25, 0.3) is 0 Å². The molecule has 1 N–H and O–H groups in total. The number of para-hydroxylation sites is 1. The maximum atomic E-state index is 12.4. The fraction of sp³-hybridized carbons (Fsp3) is 0.273. The van der Waals surface area contributed by atoms with Crippen LogP contribution in [0.4, 0.5) is 18.3 Å². The number of nitrogens with zero attached hydrogens (tertiary/aromatic N) is 2. The summed E-state index contributed by atoms with van der Waals surface area (Å²) in [6.07, 6.45) is -4.51. The standard InChI is InChI=1S/C11H8F3N3OS/c12-11(13,14)9-16-10(19-17-9)15-7-5-18-8-4-2-1-3-6(7)8/h1-4,7H,5H2,(H,15,16,17). The Balaban J connectivity index is 1.78. The van der Waals surface area contributed by atoms with E-state index in [-0.39, 0.29) is 11.2 Å². The zero-order valence-electron chi connectivity index (χ0n) is 9.44. The van der Waals surface area contributed by atoms with E-state index in [0.29, 0.717) is 18.1 Å². The quantitative estimate of drug-likeness (QED) is 0.922. The number of fused-ring (bicyclic) bond motifs is 1. The van der Waals surface area contributed by atoms with Gasteiger partial charge in [-0.2, -0.15) is 22.5 Å². The van der Waals surface area contributed by atoms with Crippen LogP contribution in [0.2, 0.25) is 0 Å². The van der Waals surface area contributed by atoms with E-state index in [4.69, 9.17) is 4.74 Å². The number of hydrogen-bond donors (Lipinski definition) is 1. The molecule has 0 spiro atoms. The maximum absolute atomic E-state index is 12.4. The van der Waals surface area contributed by atoms with Crippen LogP contribution < -0.4 is 10.1 Å². The van der Waals surface area contributed by atoms with Crippen LogP contribution >= 0.6 is 11.5 Å². The highest BCUT2D eigenvalue weighted by Crippen LogP contribution is 2.35. The second kappa shape index (κ2) is 4.37. The van der Waals surface area contributed by atoms with Crippen molar-refractivity contribution in [1.29, 1.82) is 0 Å².